The highest BCUT2D eigenvalue weighted by atomic mass is 79.9. The van der Waals surface area contributed by atoms with Gasteiger partial charge in [-0.25, -0.2) is 4.79 Å². The van der Waals surface area contributed by atoms with Crippen LogP contribution in [0.5, 0.6) is 11.5 Å². The minimum atomic E-state index is -4.44. The highest BCUT2D eigenvalue weighted by Crippen LogP contribution is 2.52. The van der Waals surface area contributed by atoms with Gasteiger partial charge in [0.15, 0.2) is 11.5 Å². The van der Waals surface area contributed by atoms with Crippen LogP contribution in [0.15, 0.2) is 59.1 Å². The van der Waals surface area contributed by atoms with Crippen molar-refractivity contribution in [1.29, 1.82) is 0 Å². The Balaban J connectivity index is 1.90. The molecule has 0 radical (unpaired) electrons. The van der Waals surface area contributed by atoms with Crippen molar-refractivity contribution in [2.45, 2.75) is 25.1 Å². The molecule has 4 rings (SSSR count). The van der Waals surface area contributed by atoms with Gasteiger partial charge in [-0.1, -0.05) is 41.1 Å². The molecule has 2 N–H and O–H groups in total. The highest BCUT2D eigenvalue weighted by molar-refractivity contribution is 9.10. The molecule has 35 heavy (non-hydrogen) atoms. The van der Waals surface area contributed by atoms with Crippen LogP contribution < -0.4 is 14.8 Å². The van der Waals surface area contributed by atoms with E-state index in [1.165, 1.54) is 32.4 Å². The number of benzene rings is 3. The predicted molar refractivity (Wildman–Crippen MR) is 129 cm³/mol. The van der Waals surface area contributed by atoms with Gasteiger partial charge in [-0.3, -0.25) is 0 Å². The summed E-state index contributed by atoms with van der Waals surface area (Å²) in [7, 11) is 3.07. The lowest BCUT2D eigenvalue weighted by Crippen LogP contribution is -2.32. The van der Waals surface area contributed by atoms with Gasteiger partial charge < -0.3 is 19.9 Å². The van der Waals surface area contributed by atoms with Crippen molar-refractivity contribution in [3.05, 3.63) is 86.9 Å². The molecule has 0 saturated carbocycles. The van der Waals surface area contributed by atoms with Crippen molar-refractivity contribution in [2.24, 2.45) is 5.92 Å². The van der Waals surface area contributed by atoms with E-state index in [2.05, 4.69) is 21.2 Å². The molecule has 0 fully saturated rings. The first-order chi connectivity index (χ1) is 16.6. The first kappa shape index (κ1) is 24.9. The molecule has 0 aromatic heterocycles. The Morgan fingerprint density at radius 1 is 0.971 bits per heavy atom. The van der Waals surface area contributed by atoms with E-state index in [9.17, 15) is 23.1 Å². The third kappa shape index (κ3) is 4.57. The summed E-state index contributed by atoms with van der Waals surface area (Å²) in [5, 5.41) is 13.2. The van der Waals surface area contributed by atoms with Crippen molar-refractivity contribution >= 4 is 27.6 Å². The fourth-order valence-electron chi connectivity index (χ4n) is 4.76. The molecule has 0 unspecified atom stereocenters. The molecule has 3 aromatic carbocycles. The van der Waals surface area contributed by atoms with E-state index < -0.39 is 23.8 Å². The van der Waals surface area contributed by atoms with Gasteiger partial charge in [0.2, 0.25) is 0 Å². The molecule has 0 bridgehead atoms. The largest absolute Gasteiger partial charge is 0.493 e. The zero-order valence-corrected chi connectivity index (χ0v) is 20.7. The fourth-order valence-corrected chi connectivity index (χ4v) is 5.33. The lowest BCUT2D eigenvalue weighted by molar-refractivity contribution is -0.137. The number of methoxy groups -OCH3 is 2. The third-order valence-corrected chi connectivity index (χ3v) is 7.14. The average molecular weight is 550 g/mol. The molecule has 0 spiro atoms. The Morgan fingerprint density at radius 3 is 2.17 bits per heavy atom. The Hall–Kier alpha value is -3.20. The number of fused-ring (bicyclic) bond motifs is 1. The predicted octanol–water partition coefficient (Wildman–Crippen LogP) is 7.12. The molecule has 3 atom stereocenters. The number of carboxylic acid groups (broad SMARTS) is 1. The van der Waals surface area contributed by atoms with Crippen molar-refractivity contribution in [2.75, 3.05) is 19.5 Å². The lowest BCUT2D eigenvalue weighted by Gasteiger charge is -2.41. The zero-order valence-electron chi connectivity index (χ0n) is 19.1. The number of alkyl halides is 3. The number of ether oxygens (including phenoxy) is 2. The molecular formula is C26H23BrF3NO4. The van der Waals surface area contributed by atoms with Crippen LogP contribution in [0.2, 0.25) is 0 Å². The number of rotatable bonds is 5. The Morgan fingerprint density at radius 2 is 1.60 bits per heavy atom. The summed E-state index contributed by atoms with van der Waals surface area (Å²) in [5.41, 5.74) is 2.01. The van der Waals surface area contributed by atoms with E-state index in [0.717, 1.165) is 27.7 Å². The first-order valence-electron chi connectivity index (χ1n) is 10.8. The SMILES string of the molecule is COc1ccc([C@@H]2c3c(Br)ccc(C(=O)O)c3N[C@H](c3ccc(C(F)(F)F)cc3)[C@H]2C)cc1OC. The Labute approximate surface area is 209 Å². The number of anilines is 1. The van der Waals surface area contributed by atoms with E-state index in [1.807, 2.05) is 19.1 Å². The topological polar surface area (TPSA) is 67.8 Å². The van der Waals surface area contributed by atoms with Crippen LogP contribution in [0.3, 0.4) is 0 Å². The minimum Gasteiger partial charge on any atom is -0.493 e. The van der Waals surface area contributed by atoms with Crippen molar-refractivity contribution in [1.82, 2.24) is 0 Å². The van der Waals surface area contributed by atoms with Crippen molar-refractivity contribution < 1.29 is 32.5 Å². The number of carboxylic acids is 1. The van der Waals surface area contributed by atoms with Crippen LogP contribution >= 0.6 is 15.9 Å². The van der Waals surface area contributed by atoms with E-state index in [4.69, 9.17) is 9.47 Å². The van der Waals surface area contributed by atoms with Crippen LogP contribution in [0, 0.1) is 5.92 Å². The second-order valence-corrected chi connectivity index (χ2v) is 9.24. The van der Waals surface area contributed by atoms with E-state index >= 15 is 0 Å². The number of hydrogen-bond acceptors (Lipinski definition) is 4. The normalized spacial score (nSPS) is 19.5. The van der Waals surface area contributed by atoms with Gasteiger partial charge in [0, 0.05) is 10.4 Å². The molecule has 5 nitrogen and oxygen atoms in total. The highest BCUT2D eigenvalue weighted by Gasteiger charge is 2.39. The maximum atomic E-state index is 13.1. The first-order valence-corrected chi connectivity index (χ1v) is 11.6. The molecule has 1 aliphatic heterocycles. The number of nitrogens with one attached hydrogen (secondary N) is 1. The number of halogens is 4. The maximum Gasteiger partial charge on any atom is 0.416 e. The monoisotopic (exact) mass is 549 g/mol. The average Bonchev–Trinajstić information content (AvgIpc) is 2.83. The molecule has 1 aliphatic rings. The summed E-state index contributed by atoms with van der Waals surface area (Å²) in [6.45, 7) is 1.99. The molecule has 1 heterocycles. The standard InChI is InChI=1S/C26H23BrF3NO4/c1-13-21(15-6-11-19(34-2)20(12-15)35-3)22-18(27)10-9-17(25(32)33)24(22)31-23(13)14-4-7-16(8-5-14)26(28,29)30/h4-13,21,23,31H,1-3H3,(H,32,33)/t13-,21+,23-/m0/s1. The fraction of sp³-hybridized carbons (Fsp3) is 0.269. The molecule has 9 heteroatoms. The van der Waals surface area contributed by atoms with Crippen LogP contribution in [0.4, 0.5) is 18.9 Å². The number of aromatic carboxylic acids is 1. The summed E-state index contributed by atoms with van der Waals surface area (Å²) in [5.74, 6) is -0.498. The van der Waals surface area contributed by atoms with E-state index in [1.54, 1.807) is 12.1 Å². The van der Waals surface area contributed by atoms with Crippen LogP contribution in [-0.4, -0.2) is 25.3 Å². The Bertz CT molecular complexity index is 1260. The molecule has 0 aliphatic carbocycles. The summed E-state index contributed by atoms with van der Waals surface area (Å²) in [6, 6.07) is 13.2. The quantitative estimate of drug-likeness (QED) is 0.354. The molecule has 0 amide bonds. The third-order valence-electron chi connectivity index (χ3n) is 6.45. The van der Waals surface area contributed by atoms with Gasteiger partial charge in [0.25, 0.3) is 0 Å². The van der Waals surface area contributed by atoms with E-state index in [-0.39, 0.29) is 17.4 Å². The van der Waals surface area contributed by atoms with Gasteiger partial charge in [-0.2, -0.15) is 13.2 Å². The summed E-state index contributed by atoms with van der Waals surface area (Å²) < 4.78 is 51.0. The number of carbonyl (C=O) groups is 1. The lowest BCUT2D eigenvalue weighted by atomic mass is 9.72. The summed E-state index contributed by atoms with van der Waals surface area (Å²) >= 11 is 3.59. The van der Waals surface area contributed by atoms with Gasteiger partial charge in [0.05, 0.1) is 37.1 Å². The molecule has 3 aromatic rings. The minimum absolute atomic E-state index is 0.0810. The number of hydrogen-bond donors (Lipinski definition) is 2. The summed E-state index contributed by atoms with van der Waals surface area (Å²) in [6.07, 6.45) is -4.44. The van der Waals surface area contributed by atoms with Crippen molar-refractivity contribution in [3.8, 4) is 11.5 Å². The Kier molecular flexibility index (Phi) is 6.73. The van der Waals surface area contributed by atoms with Gasteiger partial charge in [0.1, 0.15) is 0 Å². The second kappa shape index (κ2) is 9.45. The van der Waals surface area contributed by atoms with Crippen LogP contribution in [0.25, 0.3) is 0 Å². The maximum absolute atomic E-state index is 13.1. The second-order valence-electron chi connectivity index (χ2n) is 8.38. The van der Waals surface area contributed by atoms with Crippen LogP contribution in [0.1, 0.15) is 51.5 Å². The van der Waals surface area contributed by atoms with Gasteiger partial charge in [-0.15, -0.1) is 0 Å². The van der Waals surface area contributed by atoms with Gasteiger partial charge in [-0.05, 0) is 59.0 Å². The smallest absolute Gasteiger partial charge is 0.416 e. The van der Waals surface area contributed by atoms with E-state index in [0.29, 0.717) is 22.7 Å². The molecule has 0 saturated heterocycles. The molecular weight excluding hydrogens is 527 g/mol. The van der Waals surface area contributed by atoms with Crippen molar-refractivity contribution in [3.63, 3.8) is 0 Å². The zero-order chi connectivity index (χ0) is 25.5. The van der Waals surface area contributed by atoms with Gasteiger partial charge >= 0.3 is 12.1 Å². The van der Waals surface area contributed by atoms with Crippen LogP contribution in [-0.2, 0) is 6.18 Å². The molecule has 184 valence electrons. The summed E-state index contributed by atoms with van der Waals surface area (Å²) in [4.78, 5) is 12.1.